The number of aromatic nitrogens is 2. The highest BCUT2D eigenvalue weighted by molar-refractivity contribution is 8.18. The molecule has 1 saturated heterocycles. The maximum Gasteiger partial charge on any atom is 0.416 e. The Bertz CT molecular complexity index is 1530. The van der Waals surface area contributed by atoms with Crippen molar-refractivity contribution < 1.29 is 41.0 Å². The molecule has 0 saturated carbocycles. The van der Waals surface area contributed by atoms with Crippen LogP contribution >= 0.6 is 11.8 Å². The molecule has 1 unspecified atom stereocenters. The molecule has 3 aromatic rings. The number of aliphatic imine (C=N–C) groups is 1. The Balaban J connectivity index is 1.38. The van der Waals surface area contributed by atoms with E-state index in [-0.39, 0.29) is 16.5 Å². The molecule has 0 radical (unpaired) electrons. The number of fused-ring (bicyclic) bond motifs is 1. The first-order valence-electron chi connectivity index (χ1n) is 11.1. The minimum Gasteiger partial charge on any atom is -0.480 e. The number of carbonyl (C=O) groups excluding carboxylic acids is 1. The van der Waals surface area contributed by atoms with Gasteiger partial charge in [0.1, 0.15) is 6.04 Å². The van der Waals surface area contributed by atoms with Crippen LogP contribution in [0.2, 0.25) is 0 Å². The summed E-state index contributed by atoms with van der Waals surface area (Å²) in [6, 6.07) is 5.61. The second-order valence-electron chi connectivity index (χ2n) is 8.63. The molecule has 198 valence electrons. The Morgan fingerprint density at radius 2 is 1.87 bits per heavy atom. The summed E-state index contributed by atoms with van der Waals surface area (Å²) in [5.41, 5.74) is -2.14. The number of carboxylic acid groups (broad SMARTS) is 1. The minimum absolute atomic E-state index is 0.0940. The van der Waals surface area contributed by atoms with E-state index in [4.69, 9.17) is 0 Å². The van der Waals surface area contributed by atoms with E-state index in [1.807, 2.05) is 0 Å². The van der Waals surface area contributed by atoms with Gasteiger partial charge in [-0.25, -0.2) is 4.79 Å². The highest BCUT2D eigenvalue weighted by Crippen LogP contribution is 2.38. The zero-order chi connectivity index (χ0) is 27.4. The number of alkyl halides is 6. The number of hydrogen-bond acceptors (Lipinski definition) is 5. The van der Waals surface area contributed by atoms with Crippen molar-refractivity contribution in [2.24, 2.45) is 4.99 Å². The number of carbonyl (C=O) groups is 2. The van der Waals surface area contributed by atoms with Gasteiger partial charge < -0.3 is 10.0 Å². The summed E-state index contributed by atoms with van der Waals surface area (Å²) in [4.78, 5) is 29.4. The van der Waals surface area contributed by atoms with E-state index >= 15 is 0 Å². The van der Waals surface area contributed by atoms with Crippen molar-refractivity contribution in [1.82, 2.24) is 14.7 Å². The van der Waals surface area contributed by atoms with E-state index in [0.717, 1.165) is 17.8 Å². The molecule has 1 amide bonds. The smallest absolute Gasteiger partial charge is 0.416 e. The predicted octanol–water partition coefficient (Wildman–Crippen LogP) is 5.25. The molecular formula is C24H16F6N4O3S. The van der Waals surface area contributed by atoms with Gasteiger partial charge in [0.15, 0.2) is 5.17 Å². The quantitative estimate of drug-likeness (QED) is 0.350. The highest BCUT2D eigenvalue weighted by atomic mass is 32.2. The fourth-order valence-corrected chi connectivity index (χ4v) is 5.17. The Morgan fingerprint density at radius 1 is 1.11 bits per heavy atom. The number of rotatable bonds is 4. The fourth-order valence-electron chi connectivity index (χ4n) is 4.18. The Kier molecular flexibility index (Phi) is 6.24. The van der Waals surface area contributed by atoms with Crippen molar-refractivity contribution in [2.45, 2.75) is 31.4 Å². The maximum absolute atomic E-state index is 13.5. The summed E-state index contributed by atoms with van der Waals surface area (Å²) in [6.45, 7) is 0.0620. The monoisotopic (exact) mass is 554 g/mol. The van der Waals surface area contributed by atoms with Crippen LogP contribution in [0.4, 0.5) is 26.3 Å². The van der Waals surface area contributed by atoms with Crippen molar-refractivity contribution in [2.75, 3.05) is 6.54 Å². The van der Waals surface area contributed by atoms with E-state index in [2.05, 4.69) is 10.1 Å². The van der Waals surface area contributed by atoms with Crippen molar-refractivity contribution in [3.05, 3.63) is 69.8 Å². The lowest BCUT2D eigenvalue weighted by molar-refractivity contribution is -0.145. The number of halogens is 6. The molecule has 1 N–H and O–H groups in total. The number of benzene rings is 2. The lowest BCUT2D eigenvalue weighted by Gasteiger charge is -2.38. The van der Waals surface area contributed by atoms with Crippen LogP contribution in [0, 0.1) is 0 Å². The zero-order valence-electron chi connectivity index (χ0n) is 19.0. The van der Waals surface area contributed by atoms with Crippen molar-refractivity contribution in [1.29, 1.82) is 0 Å². The molecule has 5 rings (SSSR count). The summed E-state index contributed by atoms with van der Waals surface area (Å²) < 4.78 is 80.7. The molecule has 2 aliphatic rings. The number of amides is 1. The summed E-state index contributed by atoms with van der Waals surface area (Å²) in [6.07, 6.45) is -6.49. The molecule has 7 nitrogen and oxygen atoms in total. The summed E-state index contributed by atoms with van der Waals surface area (Å²) in [7, 11) is 0. The van der Waals surface area contributed by atoms with Gasteiger partial charge in [-0.2, -0.15) is 36.4 Å². The standard InChI is InChI=1S/C24H16F6N4O3S/c25-23(26,27)15-3-2-13(16(9-15)24(28,29)30)11-34-17-4-1-12(7-14(17)10-31-34)8-19-20(35)32-22(38-19)33-6-5-18(33)21(36)37/h1-4,7-10,18H,5-6,11H2,(H,36,37). The molecule has 1 atom stereocenters. The van der Waals surface area contributed by atoms with Gasteiger partial charge in [-0.1, -0.05) is 12.1 Å². The molecule has 1 fully saturated rings. The summed E-state index contributed by atoms with van der Waals surface area (Å²) in [5, 5.41) is 14.2. The minimum atomic E-state index is -4.99. The summed E-state index contributed by atoms with van der Waals surface area (Å²) >= 11 is 1.05. The number of thioether (sulfide) groups is 1. The number of amidine groups is 1. The number of carboxylic acids is 1. The second kappa shape index (κ2) is 9.19. The van der Waals surface area contributed by atoms with Crippen molar-refractivity contribution in [3.8, 4) is 0 Å². The molecule has 0 aliphatic carbocycles. The second-order valence-corrected chi connectivity index (χ2v) is 9.64. The van der Waals surface area contributed by atoms with Crippen LogP contribution in [0.5, 0.6) is 0 Å². The van der Waals surface area contributed by atoms with E-state index in [9.17, 15) is 41.0 Å². The molecule has 2 aliphatic heterocycles. The first kappa shape index (κ1) is 25.8. The largest absolute Gasteiger partial charge is 0.480 e. The Hall–Kier alpha value is -3.81. The Labute approximate surface area is 214 Å². The molecule has 1 aromatic heterocycles. The van der Waals surface area contributed by atoms with E-state index in [0.29, 0.717) is 40.7 Å². The van der Waals surface area contributed by atoms with E-state index in [1.54, 1.807) is 24.3 Å². The van der Waals surface area contributed by atoms with Crippen LogP contribution < -0.4 is 0 Å². The first-order chi connectivity index (χ1) is 17.8. The van der Waals surface area contributed by atoms with Crippen LogP contribution in [0.1, 0.15) is 28.7 Å². The van der Waals surface area contributed by atoms with Gasteiger partial charge in [0, 0.05) is 11.9 Å². The average Bonchev–Trinajstić information content (AvgIpc) is 3.34. The highest BCUT2D eigenvalue weighted by Gasteiger charge is 2.40. The molecule has 0 bridgehead atoms. The van der Waals surface area contributed by atoms with E-state index < -0.39 is 47.9 Å². The zero-order valence-corrected chi connectivity index (χ0v) is 19.9. The van der Waals surface area contributed by atoms with Gasteiger partial charge in [0.2, 0.25) is 0 Å². The third-order valence-electron chi connectivity index (χ3n) is 6.19. The molecular weight excluding hydrogens is 538 g/mol. The average molecular weight is 554 g/mol. The van der Waals surface area contributed by atoms with Crippen LogP contribution in [0.25, 0.3) is 17.0 Å². The normalized spacial score (nSPS) is 19.3. The van der Waals surface area contributed by atoms with Gasteiger partial charge in [0.05, 0.1) is 34.3 Å². The number of nitrogens with zero attached hydrogens (tertiary/aromatic N) is 4. The van der Waals surface area contributed by atoms with Crippen molar-refractivity contribution >= 4 is 45.8 Å². The first-order valence-corrected chi connectivity index (χ1v) is 11.9. The summed E-state index contributed by atoms with van der Waals surface area (Å²) in [5.74, 6) is -1.51. The molecule has 2 aromatic carbocycles. The number of aliphatic carboxylic acids is 1. The number of hydrogen-bond donors (Lipinski definition) is 1. The third kappa shape index (κ3) is 4.87. The van der Waals surface area contributed by atoms with E-state index in [1.165, 1.54) is 15.8 Å². The SMILES string of the molecule is O=C1N=C(N2CCC2C(=O)O)SC1=Cc1ccc2c(cnn2Cc2ccc(C(F)(F)F)cc2C(F)(F)F)c1. The molecule has 3 heterocycles. The van der Waals surface area contributed by atoms with Gasteiger partial charge in [-0.15, -0.1) is 0 Å². The lowest BCUT2D eigenvalue weighted by atomic mass is 10.0. The van der Waals surface area contributed by atoms with Gasteiger partial charge in [0.25, 0.3) is 5.91 Å². The van der Waals surface area contributed by atoms with Crippen molar-refractivity contribution in [3.63, 3.8) is 0 Å². The maximum atomic E-state index is 13.5. The van der Waals surface area contributed by atoms with Gasteiger partial charge in [-0.3, -0.25) is 9.48 Å². The van der Waals surface area contributed by atoms with Crippen LogP contribution in [-0.2, 0) is 28.5 Å². The number of likely N-dealkylation sites (tertiary alicyclic amines) is 1. The Morgan fingerprint density at radius 3 is 2.50 bits per heavy atom. The lowest BCUT2D eigenvalue weighted by Crippen LogP contribution is -2.54. The fraction of sp³-hybridized carbons (Fsp3) is 0.250. The molecule has 38 heavy (non-hydrogen) atoms. The van der Waals surface area contributed by atoms with Gasteiger partial charge in [-0.05, 0) is 59.7 Å². The molecule has 14 heteroatoms. The third-order valence-corrected chi connectivity index (χ3v) is 7.21. The van der Waals surface area contributed by atoms with Crippen LogP contribution in [-0.4, -0.2) is 49.4 Å². The van der Waals surface area contributed by atoms with Crippen LogP contribution in [0.3, 0.4) is 0 Å². The molecule has 0 spiro atoms. The van der Waals surface area contributed by atoms with Crippen LogP contribution in [0.15, 0.2) is 52.5 Å². The van der Waals surface area contributed by atoms with Gasteiger partial charge >= 0.3 is 18.3 Å². The predicted molar refractivity (Wildman–Crippen MR) is 126 cm³/mol. The topological polar surface area (TPSA) is 87.8 Å².